The molecule has 5 nitrogen and oxygen atoms in total. The zero-order valence-electron chi connectivity index (χ0n) is 19.5. The standard InChI is InChI=1S/C24H42O5/c1-8-24(7,21(27)29-22(2,3)4)15-23(5,6)20(26)28-19-14-10-11-16-17(19)12-9-13-18(16)25/h16-19,25H,8-15H2,1-7H3. The van der Waals surface area contributed by atoms with Crippen molar-refractivity contribution in [2.45, 2.75) is 118 Å². The summed E-state index contributed by atoms with van der Waals surface area (Å²) in [6.07, 6.45) is 6.34. The van der Waals surface area contributed by atoms with Gasteiger partial charge in [-0.15, -0.1) is 0 Å². The smallest absolute Gasteiger partial charge is 0.312 e. The van der Waals surface area contributed by atoms with E-state index in [1.807, 2.05) is 48.5 Å². The van der Waals surface area contributed by atoms with Crippen LogP contribution in [0.15, 0.2) is 0 Å². The molecule has 2 saturated carbocycles. The first kappa shape index (κ1) is 24.2. The molecule has 0 radical (unpaired) electrons. The van der Waals surface area contributed by atoms with Crippen LogP contribution in [0.1, 0.15) is 99.8 Å². The third-order valence-corrected chi connectivity index (χ3v) is 6.90. The minimum absolute atomic E-state index is 0.120. The highest BCUT2D eigenvalue weighted by atomic mass is 16.6. The van der Waals surface area contributed by atoms with Gasteiger partial charge >= 0.3 is 11.9 Å². The monoisotopic (exact) mass is 410 g/mol. The summed E-state index contributed by atoms with van der Waals surface area (Å²) in [7, 11) is 0. The first-order chi connectivity index (χ1) is 13.3. The topological polar surface area (TPSA) is 72.8 Å². The molecule has 168 valence electrons. The Morgan fingerprint density at radius 2 is 1.48 bits per heavy atom. The fraction of sp³-hybridized carbons (Fsp3) is 0.917. The van der Waals surface area contributed by atoms with E-state index < -0.39 is 16.4 Å². The first-order valence-electron chi connectivity index (χ1n) is 11.4. The number of aliphatic hydroxyl groups is 1. The summed E-state index contributed by atoms with van der Waals surface area (Å²) in [5, 5.41) is 10.4. The molecule has 2 aliphatic rings. The van der Waals surface area contributed by atoms with Gasteiger partial charge in [0.1, 0.15) is 11.7 Å². The van der Waals surface area contributed by atoms with Crippen molar-refractivity contribution in [2.75, 3.05) is 0 Å². The van der Waals surface area contributed by atoms with E-state index in [2.05, 4.69) is 0 Å². The molecule has 5 atom stereocenters. The molecule has 2 rings (SSSR count). The van der Waals surface area contributed by atoms with Crippen molar-refractivity contribution >= 4 is 11.9 Å². The van der Waals surface area contributed by atoms with Crippen LogP contribution in [-0.2, 0) is 19.1 Å². The highest BCUT2D eigenvalue weighted by molar-refractivity contribution is 5.80. The summed E-state index contributed by atoms with van der Waals surface area (Å²) in [6.45, 7) is 13.1. The van der Waals surface area contributed by atoms with Gasteiger partial charge in [0.25, 0.3) is 0 Å². The maximum atomic E-state index is 13.2. The van der Waals surface area contributed by atoms with E-state index in [1.54, 1.807) is 0 Å². The number of hydrogen-bond donors (Lipinski definition) is 1. The van der Waals surface area contributed by atoms with Gasteiger partial charge in [-0.2, -0.15) is 0 Å². The second kappa shape index (κ2) is 8.95. The number of carbonyl (C=O) groups is 2. The van der Waals surface area contributed by atoms with Crippen LogP contribution in [0.3, 0.4) is 0 Å². The zero-order chi connectivity index (χ0) is 22.0. The third-order valence-electron chi connectivity index (χ3n) is 6.90. The van der Waals surface area contributed by atoms with Crippen molar-refractivity contribution in [3.63, 3.8) is 0 Å². The zero-order valence-corrected chi connectivity index (χ0v) is 19.5. The molecule has 0 aromatic heterocycles. The molecular formula is C24H42O5. The van der Waals surface area contributed by atoms with Crippen LogP contribution in [0.5, 0.6) is 0 Å². The van der Waals surface area contributed by atoms with Gasteiger partial charge in [0.2, 0.25) is 0 Å². The molecule has 5 heteroatoms. The number of aliphatic hydroxyl groups excluding tert-OH is 1. The van der Waals surface area contributed by atoms with E-state index in [0.29, 0.717) is 12.8 Å². The van der Waals surface area contributed by atoms with Crippen molar-refractivity contribution in [3.8, 4) is 0 Å². The number of carbonyl (C=O) groups excluding carboxylic acids is 2. The van der Waals surface area contributed by atoms with Gasteiger partial charge in [-0.3, -0.25) is 9.59 Å². The molecule has 5 unspecified atom stereocenters. The second-order valence-corrected chi connectivity index (χ2v) is 11.2. The van der Waals surface area contributed by atoms with Crippen LogP contribution in [-0.4, -0.2) is 34.9 Å². The lowest BCUT2D eigenvalue weighted by Gasteiger charge is -2.44. The summed E-state index contributed by atoms with van der Waals surface area (Å²) in [4.78, 5) is 26.0. The van der Waals surface area contributed by atoms with Crippen LogP contribution in [0, 0.1) is 22.7 Å². The Morgan fingerprint density at radius 3 is 2.07 bits per heavy atom. The number of hydrogen-bond acceptors (Lipinski definition) is 5. The van der Waals surface area contributed by atoms with Gasteiger partial charge < -0.3 is 14.6 Å². The van der Waals surface area contributed by atoms with Crippen LogP contribution >= 0.6 is 0 Å². The predicted molar refractivity (Wildman–Crippen MR) is 113 cm³/mol. The lowest BCUT2D eigenvalue weighted by molar-refractivity contribution is -0.177. The van der Waals surface area contributed by atoms with Crippen molar-refractivity contribution in [1.29, 1.82) is 0 Å². The van der Waals surface area contributed by atoms with E-state index in [-0.39, 0.29) is 36.0 Å². The van der Waals surface area contributed by atoms with E-state index in [9.17, 15) is 14.7 Å². The number of esters is 2. The van der Waals surface area contributed by atoms with Gasteiger partial charge in [-0.1, -0.05) is 13.3 Å². The molecule has 2 aliphatic carbocycles. The first-order valence-corrected chi connectivity index (χ1v) is 11.4. The van der Waals surface area contributed by atoms with Crippen molar-refractivity contribution in [3.05, 3.63) is 0 Å². The van der Waals surface area contributed by atoms with Crippen LogP contribution in [0.25, 0.3) is 0 Å². The van der Waals surface area contributed by atoms with Crippen molar-refractivity contribution in [2.24, 2.45) is 22.7 Å². The van der Waals surface area contributed by atoms with Gasteiger partial charge in [-0.25, -0.2) is 0 Å². The van der Waals surface area contributed by atoms with Gasteiger partial charge in [0.05, 0.1) is 16.9 Å². The van der Waals surface area contributed by atoms with Crippen LogP contribution < -0.4 is 0 Å². The molecule has 0 aliphatic heterocycles. The Hall–Kier alpha value is -1.10. The summed E-state index contributed by atoms with van der Waals surface area (Å²) < 4.78 is 11.7. The highest BCUT2D eigenvalue weighted by Crippen LogP contribution is 2.44. The normalized spacial score (nSPS) is 30.1. The van der Waals surface area contributed by atoms with E-state index >= 15 is 0 Å². The molecule has 1 N–H and O–H groups in total. The average Bonchev–Trinajstić information content (AvgIpc) is 2.60. The SMILES string of the molecule is CCC(C)(CC(C)(C)C(=O)OC1CCCC2C(O)CCCC12)C(=O)OC(C)(C)C. The summed E-state index contributed by atoms with van der Waals surface area (Å²) in [6, 6.07) is 0. The van der Waals surface area contributed by atoms with E-state index in [1.165, 1.54) is 0 Å². The van der Waals surface area contributed by atoms with Crippen molar-refractivity contribution in [1.82, 2.24) is 0 Å². The second-order valence-electron chi connectivity index (χ2n) is 11.2. The Bertz CT molecular complexity index is 591. The average molecular weight is 411 g/mol. The molecule has 2 fully saturated rings. The maximum absolute atomic E-state index is 13.2. The molecule has 0 spiro atoms. The molecule has 29 heavy (non-hydrogen) atoms. The quantitative estimate of drug-likeness (QED) is 0.622. The molecular weight excluding hydrogens is 368 g/mol. The van der Waals surface area contributed by atoms with Gasteiger partial charge in [0.15, 0.2) is 0 Å². The predicted octanol–water partition coefficient (Wildman–Crippen LogP) is 5.03. The summed E-state index contributed by atoms with van der Waals surface area (Å²) in [5.41, 5.74) is -2.09. The molecule has 0 heterocycles. The minimum atomic E-state index is -0.790. The Kier molecular flexibility index (Phi) is 7.46. The fourth-order valence-corrected chi connectivity index (χ4v) is 5.15. The van der Waals surface area contributed by atoms with Gasteiger partial charge in [0, 0.05) is 5.92 Å². The third kappa shape index (κ3) is 5.96. The van der Waals surface area contributed by atoms with Crippen molar-refractivity contribution < 1.29 is 24.2 Å². The Balaban J connectivity index is 2.07. The minimum Gasteiger partial charge on any atom is -0.462 e. The Morgan fingerprint density at radius 1 is 0.897 bits per heavy atom. The largest absolute Gasteiger partial charge is 0.462 e. The van der Waals surface area contributed by atoms with E-state index in [0.717, 1.165) is 38.5 Å². The lowest BCUT2D eigenvalue weighted by atomic mass is 9.68. The molecule has 0 amide bonds. The van der Waals surface area contributed by atoms with Crippen LogP contribution in [0.2, 0.25) is 0 Å². The lowest BCUT2D eigenvalue weighted by Crippen LogP contribution is -2.46. The molecule has 0 saturated heterocycles. The summed E-state index contributed by atoms with van der Waals surface area (Å²) >= 11 is 0. The molecule has 0 bridgehead atoms. The Labute approximate surface area is 176 Å². The molecule has 0 aromatic carbocycles. The van der Waals surface area contributed by atoms with Crippen LogP contribution in [0.4, 0.5) is 0 Å². The fourth-order valence-electron chi connectivity index (χ4n) is 5.15. The number of rotatable bonds is 6. The highest BCUT2D eigenvalue weighted by Gasteiger charge is 2.46. The maximum Gasteiger partial charge on any atom is 0.312 e. The number of fused-ring (bicyclic) bond motifs is 1. The molecule has 0 aromatic rings. The van der Waals surface area contributed by atoms with Gasteiger partial charge in [-0.05, 0) is 92.4 Å². The number of ether oxygens (including phenoxy) is 2. The summed E-state index contributed by atoms with van der Waals surface area (Å²) in [5.74, 6) is 0.00435. The van der Waals surface area contributed by atoms with E-state index in [4.69, 9.17) is 9.47 Å².